The van der Waals surface area contributed by atoms with Gasteiger partial charge >= 0.3 is 0 Å². The first kappa shape index (κ1) is 14.7. The molecule has 1 heterocycles. The number of halogens is 1. The summed E-state index contributed by atoms with van der Waals surface area (Å²) in [4.78, 5) is 0. The van der Waals surface area contributed by atoms with Crippen LogP contribution < -0.4 is 24.3 Å². The number of hydrogen-bond donors (Lipinski definition) is 1. The number of hydrogen-bond acceptors (Lipinski definition) is 5. The topological polar surface area (TPSA) is 49.0 Å². The van der Waals surface area contributed by atoms with Crippen molar-refractivity contribution in [2.75, 3.05) is 26.6 Å². The predicted octanol–water partition coefficient (Wildman–Crippen LogP) is 3.87. The highest BCUT2D eigenvalue weighted by Crippen LogP contribution is 2.44. The molecule has 0 fully saturated rings. The van der Waals surface area contributed by atoms with Crippen LogP contribution in [0.1, 0.15) is 11.8 Å². The van der Waals surface area contributed by atoms with Crippen molar-refractivity contribution in [2.45, 2.75) is 6.23 Å². The zero-order chi connectivity index (χ0) is 15.7. The Morgan fingerprint density at radius 3 is 2.27 bits per heavy atom. The fraction of sp³-hybridized carbons (Fsp3) is 0.250. The normalized spacial score (nSPS) is 15.5. The molecule has 1 unspecified atom stereocenters. The number of rotatable bonds is 4. The summed E-state index contributed by atoms with van der Waals surface area (Å²) in [5.74, 6) is 2.46. The van der Waals surface area contributed by atoms with Crippen LogP contribution in [0.25, 0.3) is 0 Å². The van der Waals surface area contributed by atoms with E-state index in [0.717, 1.165) is 17.0 Å². The largest absolute Gasteiger partial charge is 0.493 e. The quantitative estimate of drug-likeness (QED) is 0.926. The van der Waals surface area contributed by atoms with Gasteiger partial charge in [-0.1, -0.05) is 11.6 Å². The van der Waals surface area contributed by atoms with E-state index in [9.17, 15) is 0 Å². The first-order valence-electron chi connectivity index (χ1n) is 6.69. The maximum Gasteiger partial charge on any atom is 0.203 e. The Labute approximate surface area is 133 Å². The first-order chi connectivity index (χ1) is 10.7. The van der Waals surface area contributed by atoms with Gasteiger partial charge in [-0.05, 0) is 30.3 Å². The van der Waals surface area contributed by atoms with Crippen LogP contribution in [0, 0.1) is 0 Å². The second-order valence-electron chi connectivity index (χ2n) is 4.74. The third-order valence-electron chi connectivity index (χ3n) is 3.46. The monoisotopic (exact) mass is 321 g/mol. The van der Waals surface area contributed by atoms with Crippen molar-refractivity contribution in [3.63, 3.8) is 0 Å². The van der Waals surface area contributed by atoms with Crippen LogP contribution in [0.5, 0.6) is 23.0 Å². The molecule has 116 valence electrons. The van der Waals surface area contributed by atoms with Gasteiger partial charge < -0.3 is 24.3 Å². The third kappa shape index (κ3) is 2.48. The van der Waals surface area contributed by atoms with Gasteiger partial charge in [-0.2, -0.15) is 0 Å². The molecule has 0 aromatic heterocycles. The number of benzene rings is 2. The maximum absolute atomic E-state index is 6.00. The van der Waals surface area contributed by atoms with Gasteiger partial charge in [-0.25, -0.2) is 0 Å². The Kier molecular flexibility index (Phi) is 3.90. The van der Waals surface area contributed by atoms with E-state index in [1.54, 1.807) is 27.4 Å². The zero-order valence-electron chi connectivity index (χ0n) is 12.5. The van der Waals surface area contributed by atoms with Crippen molar-refractivity contribution in [1.82, 2.24) is 0 Å². The van der Waals surface area contributed by atoms with Crippen LogP contribution in [-0.2, 0) is 0 Å². The minimum absolute atomic E-state index is 0.345. The van der Waals surface area contributed by atoms with E-state index in [2.05, 4.69) is 5.32 Å². The van der Waals surface area contributed by atoms with Gasteiger partial charge in [0.25, 0.3) is 0 Å². The molecule has 1 aliphatic heterocycles. The number of fused-ring (bicyclic) bond motifs is 1. The van der Waals surface area contributed by atoms with Gasteiger partial charge in [0, 0.05) is 10.6 Å². The first-order valence-corrected chi connectivity index (χ1v) is 7.06. The molecule has 1 atom stereocenters. The third-order valence-corrected chi connectivity index (χ3v) is 3.70. The number of nitrogens with one attached hydrogen (secondary N) is 1. The number of anilines is 1. The van der Waals surface area contributed by atoms with Crippen LogP contribution >= 0.6 is 11.6 Å². The lowest BCUT2D eigenvalue weighted by Crippen LogP contribution is -2.11. The van der Waals surface area contributed by atoms with E-state index >= 15 is 0 Å². The average Bonchev–Trinajstić information content (AvgIpc) is 2.96. The SMILES string of the molecule is COc1cc(C2Nc3cc(Cl)ccc3O2)cc(OC)c1OC. The Hall–Kier alpha value is -2.27. The van der Waals surface area contributed by atoms with E-state index in [-0.39, 0.29) is 6.23 Å². The highest BCUT2D eigenvalue weighted by atomic mass is 35.5. The molecule has 0 aliphatic carbocycles. The van der Waals surface area contributed by atoms with Crippen molar-refractivity contribution >= 4 is 17.3 Å². The van der Waals surface area contributed by atoms with Crippen LogP contribution in [0.2, 0.25) is 5.02 Å². The lowest BCUT2D eigenvalue weighted by molar-refractivity contribution is 0.256. The molecule has 22 heavy (non-hydrogen) atoms. The molecule has 3 rings (SSSR count). The van der Waals surface area contributed by atoms with E-state index in [0.29, 0.717) is 22.3 Å². The maximum atomic E-state index is 6.00. The fourth-order valence-electron chi connectivity index (χ4n) is 2.42. The van der Waals surface area contributed by atoms with E-state index in [1.165, 1.54) is 0 Å². The van der Waals surface area contributed by atoms with Crippen molar-refractivity contribution in [1.29, 1.82) is 0 Å². The second kappa shape index (κ2) is 5.85. The average molecular weight is 322 g/mol. The molecule has 5 nitrogen and oxygen atoms in total. The van der Waals surface area contributed by atoms with Gasteiger partial charge in [-0.3, -0.25) is 0 Å². The van der Waals surface area contributed by atoms with Gasteiger partial charge in [0.15, 0.2) is 17.7 Å². The Balaban J connectivity index is 1.97. The summed E-state index contributed by atoms with van der Waals surface area (Å²) in [5.41, 5.74) is 1.72. The molecule has 1 N–H and O–H groups in total. The predicted molar refractivity (Wildman–Crippen MR) is 84.5 cm³/mol. The van der Waals surface area contributed by atoms with Gasteiger partial charge in [0.1, 0.15) is 5.75 Å². The summed E-state index contributed by atoms with van der Waals surface area (Å²) in [7, 11) is 4.74. The van der Waals surface area contributed by atoms with Gasteiger partial charge in [0.05, 0.1) is 27.0 Å². The second-order valence-corrected chi connectivity index (χ2v) is 5.18. The Bertz CT molecular complexity index is 680. The summed E-state index contributed by atoms with van der Waals surface area (Å²) in [6, 6.07) is 9.16. The Morgan fingerprint density at radius 1 is 1.00 bits per heavy atom. The van der Waals surface area contributed by atoms with Gasteiger partial charge in [-0.15, -0.1) is 0 Å². The van der Waals surface area contributed by atoms with Crippen molar-refractivity contribution < 1.29 is 18.9 Å². The highest BCUT2D eigenvalue weighted by molar-refractivity contribution is 6.30. The van der Waals surface area contributed by atoms with Crippen LogP contribution in [0.15, 0.2) is 30.3 Å². The van der Waals surface area contributed by atoms with Crippen LogP contribution in [-0.4, -0.2) is 21.3 Å². The Morgan fingerprint density at radius 2 is 1.68 bits per heavy atom. The van der Waals surface area contributed by atoms with Gasteiger partial charge in [0.2, 0.25) is 5.75 Å². The molecular formula is C16H16ClNO4. The smallest absolute Gasteiger partial charge is 0.203 e. The standard InChI is InChI=1S/C16H16ClNO4/c1-19-13-6-9(7-14(20-2)15(13)21-3)16-18-11-8-10(17)4-5-12(11)22-16/h4-8,16,18H,1-3H3. The molecule has 0 saturated heterocycles. The zero-order valence-corrected chi connectivity index (χ0v) is 13.2. The molecule has 0 radical (unpaired) electrons. The minimum Gasteiger partial charge on any atom is -0.493 e. The summed E-state index contributed by atoms with van der Waals surface area (Å²) in [5, 5.41) is 3.93. The lowest BCUT2D eigenvalue weighted by atomic mass is 10.1. The van der Waals surface area contributed by atoms with Crippen LogP contribution in [0.4, 0.5) is 5.69 Å². The van der Waals surface area contributed by atoms with Crippen molar-refractivity contribution in [3.8, 4) is 23.0 Å². The minimum atomic E-state index is -0.345. The summed E-state index contributed by atoms with van der Waals surface area (Å²) < 4.78 is 22.0. The molecule has 2 aromatic carbocycles. The van der Waals surface area contributed by atoms with E-state index < -0.39 is 0 Å². The highest BCUT2D eigenvalue weighted by Gasteiger charge is 2.26. The fourth-order valence-corrected chi connectivity index (χ4v) is 2.59. The molecule has 0 amide bonds. The summed E-state index contributed by atoms with van der Waals surface area (Å²) in [6.07, 6.45) is -0.345. The summed E-state index contributed by atoms with van der Waals surface area (Å²) >= 11 is 6.00. The molecular weight excluding hydrogens is 306 g/mol. The molecule has 1 aliphatic rings. The molecule has 0 saturated carbocycles. The molecule has 0 bridgehead atoms. The summed E-state index contributed by atoms with van der Waals surface area (Å²) in [6.45, 7) is 0. The number of ether oxygens (including phenoxy) is 4. The lowest BCUT2D eigenvalue weighted by Gasteiger charge is -2.17. The molecule has 0 spiro atoms. The number of methoxy groups -OCH3 is 3. The molecule has 6 heteroatoms. The molecule has 2 aromatic rings. The van der Waals surface area contributed by atoms with Crippen molar-refractivity contribution in [3.05, 3.63) is 40.9 Å². The van der Waals surface area contributed by atoms with E-state index in [1.807, 2.05) is 24.3 Å². The van der Waals surface area contributed by atoms with E-state index in [4.69, 9.17) is 30.5 Å². The van der Waals surface area contributed by atoms with Crippen molar-refractivity contribution in [2.24, 2.45) is 0 Å². The van der Waals surface area contributed by atoms with Crippen LogP contribution in [0.3, 0.4) is 0 Å².